The molecule has 2 N–H and O–H groups in total. The first-order chi connectivity index (χ1) is 7.86. The average molecular weight is 218 g/mol. The third-order valence-corrected chi connectivity index (χ3v) is 3.69. The summed E-state index contributed by atoms with van der Waals surface area (Å²) in [7, 11) is 0. The van der Waals surface area contributed by atoms with Gasteiger partial charge in [-0.05, 0) is 31.4 Å². The van der Waals surface area contributed by atoms with E-state index < -0.39 is 0 Å². The SMILES string of the molecule is CCC(CN)N1CCCC1c1ccccc1. The Morgan fingerprint density at radius 2 is 2.12 bits per heavy atom. The van der Waals surface area contributed by atoms with Crippen LogP contribution in [0.4, 0.5) is 0 Å². The van der Waals surface area contributed by atoms with Gasteiger partial charge in [0.05, 0.1) is 0 Å². The molecule has 1 saturated heterocycles. The van der Waals surface area contributed by atoms with Crippen molar-refractivity contribution < 1.29 is 0 Å². The van der Waals surface area contributed by atoms with E-state index in [0.717, 1.165) is 13.0 Å². The molecule has 0 aliphatic carbocycles. The van der Waals surface area contributed by atoms with Gasteiger partial charge in [0.25, 0.3) is 0 Å². The molecule has 2 unspecified atom stereocenters. The van der Waals surface area contributed by atoms with Crippen molar-refractivity contribution in [1.82, 2.24) is 4.90 Å². The second-order valence-corrected chi connectivity index (χ2v) is 4.60. The molecule has 1 aromatic carbocycles. The lowest BCUT2D eigenvalue weighted by Gasteiger charge is -2.32. The van der Waals surface area contributed by atoms with Gasteiger partial charge in [-0.15, -0.1) is 0 Å². The summed E-state index contributed by atoms with van der Waals surface area (Å²) in [6.07, 6.45) is 3.73. The maximum atomic E-state index is 5.86. The molecule has 2 rings (SSSR count). The standard InChI is InChI=1S/C14H22N2/c1-2-13(11-15)16-10-6-9-14(16)12-7-4-3-5-8-12/h3-5,7-8,13-14H,2,6,9-11,15H2,1H3. The van der Waals surface area contributed by atoms with Crippen LogP contribution in [0.1, 0.15) is 37.8 Å². The molecular formula is C14H22N2. The highest BCUT2D eigenvalue weighted by atomic mass is 15.2. The van der Waals surface area contributed by atoms with E-state index in [-0.39, 0.29) is 0 Å². The predicted octanol–water partition coefficient (Wildman–Crippen LogP) is 2.56. The van der Waals surface area contributed by atoms with E-state index in [1.54, 1.807) is 0 Å². The monoisotopic (exact) mass is 218 g/mol. The number of hydrogen-bond donors (Lipinski definition) is 1. The Morgan fingerprint density at radius 1 is 1.38 bits per heavy atom. The van der Waals surface area contributed by atoms with Crippen LogP contribution in [-0.2, 0) is 0 Å². The lowest BCUT2D eigenvalue weighted by molar-refractivity contribution is 0.179. The van der Waals surface area contributed by atoms with Crippen LogP contribution in [0.15, 0.2) is 30.3 Å². The summed E-state index contributed by atoms with van der Waals surface area (Å²) >= 11 is 0. The molecule has 1 aliphatic heterocycles. The summed E-state index contributed by atoms with van der Waals surface area (Å²) < 4.78 is 0. The van der Waals surface area contributed by atoms with Crippen LogP contribution in [-0.4, -0.2) is 24.0 Å². The fraction of sp³-hybridized carbons (Fsp3) is 0.571. The summed E-state index contributed by atoms with van der Waals surface area (Å²) in [5.41, 5.74) is 7.31. The molecule has 1 aliphatic rings. The predicted molar refractivity (Wildman–Crippen MR) is 68.3 cm³/mol. The van der Waals surface area contributed by atoms with Gasteiger partial charge in [0, 0.05) is 18.6 Å². The van der Waals surface area contributed by atoms with E-state index in [9.17, 15) is 0 Å². The second kappa shape index (κ2) is 5.46. The minimum atomic E-state index is 0.549. The molecule has 0 bridgehead atoms. The lowest BCUT2D eigenvalue weighted by atomic mass is 10.0. The van der Waals surface area contributed by atoms with Crippen LogP contribution in [0.2, 0.25) is 0 Å². The third kappa shape index (κ3) is 2.28. The molecule has 88 valence electrons. The van der Waals surface area contributed by atoms with Gasteiger partial charge >= 0.3 is 0 Å². The molecule has 1 aromatic rings. The molecule has 0 amide bonds. The maximum Gasteiger partial charge on any atom is 0.0352 e. The Balaban J connectivity index is 2.15. The quantitative estimate of drug-likeness (QED) is 0.841. The van der Waals surface area contributed by atoms with Gasteiger partial charge in [0.2, 0.25) is 0 Å². The van der Waals surface area contributed by atoms with Crippen LogP contribution in [0.3, 0.4) is 0 Å². The van der Waals surface area contributed by atoms with Gasteiger partial charge in [-0.3, -0.25) is 4.90 Å². The second-order valence-electron chi connectivity index (χ2n) is 4.60. The largest absolute Gasteiger partial charge is 0.329 e. The molecule has 2 nitrogen and oxygen atoms in total. The maximum absolute atomic E-state index is 5.86. The van der Waals surface area contributed by atoms with Crippen molar-refractivity contribution in [2.75, 3.05) is 13.1 Å². The van der Waals surface area contributed by atoms with Crippen LogP contribution >= 0.6 is 0 Å². The van der Waals surface area contributed by atoms with E-state index >= 15 is 0 Å². The highest BCUT2D eigenvalue weighted by Gasteiger charge is 2.29. The smallest absolute Gasteiger partial charge is 0.0352 e. The number of likely N-dealkylation sites (tertiary alicyclic amines) is 1. The molecule has 0 aromatic heterocycles. The molecule has 2 heteroatoms. The van der Waals surface area contributed by atoms with Crippen molar-refractivity contribution >= 4 is 0 Å². The minimum absolute atomic E-state index is 0.549. The molecule has 1 heterocycles. The van der Waals surface area contributed by atoms with Crippen molar-refractivity contribution in [2.24, 2.45) is 5.73 Å². The topological polar surface area (TPSA) is 29.3 Å². The summed E-state index contributed by atoms with van der Waals surface area (Å²) in [5, 5.41) is 0. The molecule has 2 atom stereocenters. The lowest BCUT2D eigenvalue weighted by Crippen LogP contribution is -2.39. The van der Waals surface area contributed by atoms with E-state index in [0.29, 0.717) is 12.1 Å². The fourth-order valence-electron chi connectivity index (χ4n) is 2.80. The molecule has 0 saturated carbocycles. The van der Waals surface area contributed by atoms with Gasteiger partial charge in [-0.1, -0.05) is 37.3 Å². The van der Waals surface area contributed by atoms with Gasteiger partial charge < -0.3 is 5.73 Å². The number of rotatable bonds is 4. The Morgan fingerprint density at radius 3 is 2.75 bits per heavy atom. The van der Waals surface area contributed by atoms with Crippen molar-refractivity contribution in [3.8, 4) is 0 Å². The van der Waals surface area contributed by atoms with Crippen LogP contribution < -0.4 is 5.73 Å². The van der Waals surface area contributed by atoms with E-state index in [2.05, 4.69) is 42.2 Å². The number of nitrogens with two attached hydrogens (primary N) is 1. The van der Waals surface area contributed by atoms with Crippen LogP contribution in [0.25, 0.3) is 0 Å². The van der Waals surface area contributed by atoms with Gasteiger partial charge in [-0.2, -0.15) is 0 Å². The normalized spacial score (nSPS) is 23.5. The van der Waals surface area contributed by atoms with E-state index in [4.69, 9.17) is 5.73 Å². The van der Waals surface area contributed by atoms with E-state index in [1.165, 1.54) is 24.9 Å². The van der Waals surface area contributed by atoms with Gasteiger partial charge in [0.15, 0.2) is 0 Å². The zero-order chi connectivity index (χ0) is 11.4. The summed E-state index contributed by atoms with van der Waals surface area (Å²) in [6, 6.07) is 12.0. The van der Waals surface area contributed by atoms with Crippen LogP contribution in [0.5, 0.6) is 0 Å². The van der Waals surface area contributed by atoms with Crippen molar-refractivity contribution in [3.63, 3.8) is 0 Å². The van der Waals surface area contributed by atoms with Crippen molar-refractivity contribution in [1.29, 1.82) is 0 Å². The molecule has 16 heavy (non-hydrogen) atoms. The minimum Gasteiger partial charge on any atom is -0.329 e. The number of benzene rings is 1. The zero-order valence-corrected chi connectivity index (χ0v) is 10.1. The van der Waals surface area contributed by atoms with Gasteiger partial charge in [-0.25, -0.2) is 0 Å². The fourth-order valence-corrected chi connectivity index (χ4v) is 2.80. The van der Waals surface area contributed by atoms with E-state index in [1.807, 2.05) is 0 Å². The molecule has 1 fully saturated rings. The summed E-state index contributed by atoms with van der Waals surface area (Å²) in [6.45, 7) is 4.22. The number of nitrogens with zero attached hydrogens (tertiary/aromatic N) is 1. The first-order valence-electron chi connectivity index (χ1n) is 6.37. The molecule has 0 spiro atoms. The Labute approximate surface area is 98.4 Å². The highest BCUT2D eigenvalue weighted by Crippen LogP contribution is 2.33. The molecular weight excluding hydrogens is 196 g/mol. The van der Waals surface area contributed by atoms with Gasteiger partial charge in [0.1, 0.15) is 0 Å². The first-order valence-corrected chi connectivity index (χ1v) is 6.37. The molecule has 0 radical (unpaired) electrons. The van der Waals surface area contributed by atoms with Crippen LogP contribution in [0, 0.1) is 0 Å². The Hall–Kier alpha value is -0.860. The summed E-state index contributed by atoms with van der Waals surface area (Å²) in [4.78, 5) is 2.59. The highest BCUT2D eigenvalue weighted by molar-refractivity contribution is 5.20. The average Bonchev–Trinajstić information content (AvgIpc) is 2.81. The number of hydrogen-bond acceptors (Lipinski definition) is 2. The Kier molecular flexibility index (Phi) is 3.97. The third-order valence-electron chi connectivity index (χ3n) is 3.69. The first kappa shape index (κ1) is 11.6. The zero-order valence-electron chi connectivity index (χ0n) is 10.1. The van der Waals surface area contributed by atoms with Crippen molar-refractivity contribution in [2.45, 2.75) is 38.3 Å². The Bertz CT molecular complexity index is 306. The van der Waals surface area contributed by atoms with Crippen molar-refractivity contribution in [3.05, 3.63) is 35.9 Å². The summed E-state index contributed by atoms with van der Waals surface area (Å²) in [5.74, 6) is 0.